The van der Waals surface area contributed by atoms with Gasteiger partial charge in [-0.25, -0.2) is 10.2 Å². The van der Waals surface area contributed by atoms with Crippen LogP contribution in [0, 0.1) is 13.8 Å². The first kappa shape index (κ1) is 19.2. The molecule has 3 rings (SSSR count). The third kappa shape index (κ3) is 4.37. The smallest absolute Gasteiger partial charge is 0.338 e. The van der Waals surface area contributed by atoms with Crippen LogP contribution in [0.1, 0.15) is 44.9 Å². The van der Waals surface area contributed by atoms with Crippen molar-refractivity contribution in [2.75, 3.05) is 6.61 Å². The van der Waals surface area contributed by atoms with Gasteiger partial charge in [0.05, 0.1) is 23.9 Å². The van der Waals surface area contributed by atoms with Crippen molar-refractivity contribution in [3.8, 4) is 11.3 Å². The van der Waals surface area contributed by atoms with Crippen LogP contribution in [0.4, 0.5) is 0 Å². The number of carbonyl (C=O) groups excluding carboxylic acids is 2. The monoisotopic (exact) mass is 380 g/mol. The zero-order valence-electron chi connectivity index (χ0n) is 15.8. The summed E-state index contributed by atoms with van der Waals surface area (Å²) in [6, 6.07) is 12.1. The number of nitrogens with zero attached hydrogens (tertiary/aromatic N) is 1. The Labute approximate surface area is 162 Å². The Bertz CT molecular complexity index is 1010. The first-order valence-electron chi connectivity index (χ1n) is 8.75. The first-order chi connectivity index (χ1) is 13.5. The second kappa shape index (κ2) is 8.39. The molecule has 0 radical (unpaired) electrons. The van der Waals surface area contributed by atoms with Gasteiger partial charge in [-0.15, -0.1) is 0 Å². The first-order valence-corrected chi connectivity index (χ1v) is 8.75. The highest BCUT2D eigenvalue weighted by atomic mass is 16.5. The molecule has 0 aliphatic heterocycles. The van der Waals surface area contributed by atoms with Crippen molar-refractivity contribution in [1.82, 2.24) is 5.43 Å². The number of carbonyl (C=O) groups is 2. The molecule has 0 aliphatic rings. The lowest BCUT2D eigenvalue weighted by atomic mass is 10.1. The quantitative estimate of drug-likeness (QED) is 0.395. The van der Waals surface area contributed by atoms with Crippen LogP contribution in [0.15, 0.2) is 56.4 Å². The minimum absolute atomic E-state index is 0.331. The van der Waals surface area contributed by atoms with Crippen molar-refractivity contribution in [1.29, 1.82) is 0 Å². The maximum Gasteiger partial charge on any atom is 0.338 e. The number of benzene rings is 1. The number of esters is 1. The average molecular weight is 380 g/mol. The van der Waals surface area contributed by atoms with E-state index in [1.165, 1.54) is 6.21 Å². The molecule has 2 aromatic heterocycles. The Morgan fingerprint density at radius 3 is 2.50 bits per heavy atom. The van der Waals surface area contributed by atoms with Crippen LogP contribution in [0.25, 0.3) is 11.3 Å². The van der Waals surface area contributed by atoms with Gasteiger partial charge in [0.2, 0.25) is 0 Å². The number of amides is 1. The van der Waals surface area contributed by atoms with Crippen LogP contribution in [-0.2, 0) is 4.74 Å². The molecule has 1 N–H and O–H groups in total. The molecule has 3 aromatic rings. The highest BCUT2D eigenvalue weighted by Gasteiger charge is 2.12. The average Bonchev–Trinajstić information content (AvgIpc) is 3.28. The van der Waals surface area contributed by atoms with Gasteiger partial charge in [-0.3, -0.25) is 4.79 Å². The fourth-order valence-electron chi connectivity index (χ4n) is 2.63. The molecule has 2 heterocycles. The van der Waals surface area contributed by atoms with Gasteiger partial charge in [-0.1, -0.05) is 12.1 Å². The molecule has 28 heavy (non-hydrogen) atoms. The molecule has 144 valence electrons. The molecule has 1 amide bonds. The predicted molar refractivity (Wildman–Crippen MR) is 103 cm³/mol. The third-order valence-corrected chi connectivity index (χ3v) is 3.95. The molecule has 7 nitrogen and oxygen atoms in total. The summed E-state index contributed by atoms with van der Waals surface area (Å²) >= 11 is 0. The van der Waals surface area contributed by atoms with Crippen molar-refractivity contribution < 1.29 is 23.2 Å². The van der Waals surface area contributed by atoms with E-state index in [4.69, 9.17) is 13.6 Å². The Kier molecular flexibility index (Phi) is 5.74. The van der Waals surface area contributed by atoms with Crippen molar-refractivity contribution in [2.45, 2.75) is 20.8 Å². The molecular formula is C21H20N2O5. The molecule has 1 aromatic carbocycles. The molecule has 7 heteroatoms. The van der Waals surface area contributed by atoms with Crippen LogP contribution in [0.3, 0.4) is 0 Å². The van der Waals surface area contributed by atoms with Gasteiger partial charge in [0, 0.05) is 5.56 Å². The molecule has 0 atom stereocenters. The van der Waals surface area contributed by atoms with E-state index in [1.54, 1.807) is 63.2 Å². The van der Waals surface area contributed by atoms with E-state index in [1.807, 2.05) is 0 Å². The second-order valence-corrected chi connectivity index (χ2v) is 6.03. The van der Waals surface area contributed by atoms with Crippen LogP contribution >= 0.6 is 0 Å². The third-order valence-electron chi connectivity index (χ3n) is 3.95. The van der Waals surface area contributed by atoms with Gasteiger partial charge in [-0.05, 0) is 51.1 Å². The maximum absolute atomic E-state index is 12.1. The number of hydrazone groups is 1. The minimum atomic E-state index is -0.361. The molecule has 0 aliphatic carbocycles. The molecule has 0 bridgehead atoms. The summed E-state index contributed by atoms with van der Waals surface area (Å²) in [4.78, 5) is 23.8. The molecule has 0 fully saturated rings. The lowest BCUT2D eigenvalue weighted by molar-refractivity contribution is 0.0526. The van der Waals surface area contributed by atoms with Crippen molar-refractivity contribution in [2.24, 2.45) is 5.10 Å². The summed E-state index contributed by atoms with van der Waals surface area (Å²) in [5.74, 6) is 1.58. The van der Waals surface area contributed by atoms with Gasteiger partial charge >= 0.3 is 5.97 Å². The van der Waals surface area contributed by atoms with E-state index in [9.17, 15) is 9.59 Å². The number of rotatable bonds is 6. The zero-order valence-corrected chi connectivity index (χ0v) is 15.8. The summed E-state index contributed by atoms with van der Waals surface area (Å²) < 4.78 is 16.0. The molecule has 0 spiro atoms. The van der Waals surface area contributed by atoms with Gasteiger partial charge < -0.3 is 13.6 Å². The lowest BCUT2D eigenvalue weighted by Crippen LogP contribution is -2.17. The van der Waals surface area contributed by atoms with E-state index < -0.39 is 0 Å². The normalized spacial score (nSPS) is 11.0. The number of hydrogen-bond acceptors (Lipinski definition) is 6. The Hall–Kier alpha value is -3.61. The number of ether oxygens (including phenoxy) is 1. The molecular weight excluding hydrogens is 360 g/mol. The second-order valence-electron chi connectivity index (χ2n) is 6.03. The van der Waals surface area contributed by atoms with E-state index in [0.29, 0.717) is 40.8 Å². The van der Waals surface area contributed by atoms with Crippen LogP contribution in [-0.4, -0.2) is 24.7 Å². The summed E-state index contributed by atoms with van der Waals surface area (Å²) in [7, 11) is 0. The molecule has 0 saturated carbocycles. The zero-order chi connectivity index (χ0) is 20.1. The number of hydrogen-bond donors (Lipinski definition) is 1. The van der Waals surface area contributed by atoms with Gasteiger partial charge in [-0.2, -0.15) is 5.10 Å². The summed E-state index contributed by atoms with van der Waals surface area (Å²) in [5, 5.41) is 3.91. The number of aryl methyl sites for hydroxylation is 2. The van der Waals surface area contributed by atoms with Crippen molar-refractivity contribution in [3.63, 3.8) is 0 Å². The topological polar surface area (TPSA) is 94.0 Å². The van der Waals surface area contributed by atoms with E-state index in [-0.39, 0.29) is 11.9 Å². The lowest BCUT2D eigenvalue weighted by Gasteiger charge is -2.02. The van der Waals surface area contributed by atoms with Crippen molar-refractivity contribution in [3.05, 3.63) is 70.9 Å². The highest BCUT2D eigenvalue weighted by molar-refractivity contribution is 5.95. The molecule has 0 saturated heterocycles. The maximum atomic E-state index is 12.1. The van der Waals surface area contributed by atoms with Crippen LogP contribution in [0.2, 0.25) is 0 Å². The molecule has 0 unspecified atom stereocenters. The Morgan fingerprint density at radius 1 is 1.11 bits per heavy atom. The number of furan rings is 2. The number of nitrogens with one attached hydrogen (secondary N) is 1. The summed E-state index contributed by atoms with van der Waals surface area (Å²) in [6.07, 6.45) is 1.41. The van der Waals surface area contributed by atoms with Gasteiger partial charge in [0.15, 0.2) is 0 Å². The predicted octanol–water partition coefficient (Wildman–Crippen LogP) is 4.10. The Morgan fingerprint density at radius 2 is 1.86 bits per heavy atom. The van der Waals surface area contributed by atoms with Crippen LogP contribution in [0.5, 0.6) is 0 Å². The minimum Gasteiger partial charge on any atom is -0.466 e. The summed E-state index contributed by atoms with van der Waals surface area (Å²) in [5.41, 5.74) is 4.17. The highest BCUT2D eigenvalue weighted by Crippen LogP contribution is 2.22. The van der Waals surface area contributed by atoms with Gasteiger partial charge in [0.25, 0.3) is 5.91 Å². The fourth-order valence-corrected chi connectivity index (χ4v) is 2.63. The van der Waals surface area contributed by atoms with Gasteiger partial charge in [0.1, 0.15) is 23.0 Å². The fraction of sp³-hybridized carbons (Fsp3) is 0.190. The van der Waals surface area contributed by atoms with Crippen LogP contribution < -0.4 is 5.43 Å². The van der Waals surface area contributed by atoms with Crippen molar-refractivity contribution >= 4 is 18.1 Å². The van der Waals surface area contributed by atoms with E-state index in [0.717, 1.165) is 5.56 Å². The SMILES string of the molecule is CCOC(=O)c1ccc(-c2ccc(/C=N\NC(=O)c3cc(C)oc3C)o2)cc1. The Balaban J connectivity index is 1.64. The van der Waals surface area contributed by atoms with E-state index in [2.05, 4.69) is 10.5 Å². The summed E-state index contributed by atoms with van der Waals surface area (Å²) in [6.45, 7) is 5.59. The van der Waals surface area contributed by atoms with E-state index >= 15 is 0 Å². The standard InChI is InChI=1S/C21H20N2O5/c1-4-26-21(25)16-7-5-15(6-8-16)19-10-9-17(28-19)12-22-23-20(24)18-11-13(2)27-14(18)3/h5-12H,4H2,1-3H3,(H,23,24)/b22-12-. The largest absolute Gasteiger partial charge is 0.466 e.